The number of rotatable bonds is 0. The molecule has 0 radical (unpaired) electrons. The third kappa shape index (κ3) is 3.23. The van der Waals surface area contributed by atoms with Crippen molar-refractivity contribution in [1.29, 1.82) is 0 Å². The monoisotopic (exact) mass is 258 g/mol. The standard InChI is InChI=1S/C17H26N2/c1-16(2,3)12-9-13(17(4,5)6)11-15-14(10-12)18-7-8-19-15/h7-8,10,13H,9,11H2,1-6H3. The summed E-state index contributed by atoms with van der Waals surface area (Å²) in [6, 6.07) is 0. The second kappa shape index (κ2) is 4.73. The zero-order valence-corrected chi connectivity index (χ0v) is 13.1. The van der Waals surface area contributed by atoms with E-state index in [2.05, 4.69) is 57.6 Å². The highest BCUT2D eigenvalue weighted by Crippen LogP contribution is 2.41. The Kier molecular flexibility index (Phi) is 3.55. The fourth-order valence-electron chi connectivity index (χ4n) is 2.59. The summed E-state index contributed by atoms with van der Waals surface area (Å²) in [6.45, 7) is 13.9. The maximum absolute atomic E-state index is 4.55. The molecule has 0 fully saturated rings. The summed E-state index contributed by atoms with van der Waals surface area (Å²) >= 11 is 0. The van der Waals surface area contributed by atoms with E-state index in [1.165, 1.54) is 5.57 Å². The van der Waals surface area contributed by atoms with Crippen LogP contribution in [0.5, 0.6) is 0 Å². The highest BCUT2D eigenvalue weighted by molar-refractivity contribution is 5.54. The maximum Gasteiger partial charge on any atom is 0.0844 e. The van der Waals surface area contributed by atoms with Crippen LogP contribution in [0, 0.1) is 16.7 Å². The molecule has 0 saturated carbocycles. The number of fused-ring (bicyclic) bond motifs is 1. The van der Waals surface area contributed by atoms with E-state index in [-0.39, 0.29) is 5.41 Å². The summed E-state index contributed by atoms with van der Waals surface area (Å²) in [7, 11) is 0. The van der Waals surface area contributed by atoms with Gasteiger partial charge in [-0.1, -0.05) is 47.1 Å². The summed E-state index contributed by atoms with van der Waals surface area (Å²) in [5.41, 5.74) is 4.21. The van der Waals surface area contributed by atoms with E-state index in [1.54, 1.807) is 6.20 Å². The third-order valence-corrected chi connectivity index (χ3v) is 4.21. The first-order chi connectivity index (χ1) is 8.68. The van der Waals surface area contributed by atoms with Crippen LogP contribution < -0.4 is 0 Å². The van der Waals surface area contributed by atoms with Crippen LogP contribution in [0.4, 0.5) is 0 Å². The van der Waals surface area contributed by atoms with Crippen LogP contribution >= 0.6 is 0 Å². The Morgan fingerprint density at radius 3 is 2.16 bits per heavy atom. The molecule has 0 N–H and O–H groups in total. The predicted octanol–water partition coefficient (Wildman–Crippen LogP) is 4.51. The first-order valence-corrected chi connectivity index (χ1v) is 7.19. The molecule has 0 bridgehead atoms. The first kappa shape index (κ1) is 14.2. The van der Waals surface area contributed by atoms with Gasteiger partial charge < -0.3 is 0 Å². The SMILES string of the molecule is CC(C)(C)C1=Cc2nccnc2CC(C(C)(C)C)C1. The largest absolute Gasteiger partial charge is 0.257 e. The highest BCUT2D eigenvalue weighted by atomic mass is 14.8. The Bertz CT molecular complexity index is 487. The zero-order chi connectivity index (χ0) is 14.3. The predicted molar refractivity (Wildman–Crippen MR) is 80.7 cm³/mol. The minimum atomic E-state index is 0.197. The average molecular weight is 258 g/mol. The Labute approximate surface area is 117 Å². The van der Waals surface area contributed by atoms with Gasteiger partial charge in [0, 0.05) is 12.4 Å². The molecule has 2 rings (SSSR count). The summed E-state index contributed by atoms with van der Waals surface area (Å²) in [4.78, 5) is 9.07. The van der Waals surface area contributed by atoms with Crippen LogP contribution in [0.1, 0.15) is 59.4 Å². The van der Waals surface area contributed by atoms with Gasteiger partial charge in [-0.15, -0.1) is 0 Å². The molecule has 1 aromatic rings. The first-order valence-electron chi connectivity index (χ1n) is 7.19. The highest BCUT2D eigenvalue weighted by Gasteiger charge is 2.32. The van der Waals surface area contributed by atoms with Gasteiger partial charge in [0.25, 0.3) is 0 Å². The zero-order valence-electron chi connectivity index (χ0n) is 13.1. The second-order valence-corrected chi connectivity index (χ2v) is 7.78. The van der Waals surface area contributed by atoms with E-state index < -0.39 is 0 Å². The normalized spacial score (nSPS) is 20.5. The fraction of sp³-hybridized carbons (Fsp3) is 0.647. The van der Waals surface area contributed by atoms with E-state index >= 15 is 0 Å². The topological polar surface area (TPSA) is 25.8 Å². The van der Waals surface area contributed by atoms with Crippen molar-refractivity contribution in [2.24, 2.45) is 16.7 Å². The number of hydrogen-bond donors (Lipinski definition) is 0. The number of aromatic nitrogens is 2. The molecule has 1 atom stereocenters. The van der Waals surface area contributed by atoms with Gasteiger partial charge in [0.1, 0.15) is 0 Å². The summed E-state index contributed by atoms with van der Waals surface area (Å²) < 4.78 is 0. The van der Waals surface area contributed by atoms with Gasteiger partial charge in [-0.25, -0.2) is 0 Å². The minimum absolute atomic E-state index is 0.197. The van der Waals surface area contributed by atoms with Gasteiger partial charge in [-0.2, -0.15) is 0 Å². The molecule has 1 unspecified atom stereocenters. The van der Waals surface area contributed by atoms with Crippen LogP contribution in [0.3, 0.4) is 0 Å². The molecule has 1 aromatic heterocycles. The minimum Gasteiger partial charge on any atom is -0.257 e. The van der Waals surface area contributed by atoms with Crippen molar-refractivity contribution in [3.05, 3.63) is 29.4 Å². The van der Waals surface area contributed by atoms with Gasteiger partial charge in [0.15, 0.2) is 0 Å². The molecule has 1 aliphatic carbocycles. The lowest BCUT2D eigenvalue weighted by atomic mass is 9.72. The smallest absolute Gasteiger partial charge is 0.0844 e. The van der Waals surface area contributed by atoms with Crippen molar-refractivity contribution < 1.29 is 0 Å². The molecular formula is C17H26N2. The molecule has 2 heteroatoms. The summed E-state index contributed by atoms with van der Waals surface area (Å²) in [5.74, 6) is 0.621. The Balaban J connectivity index is 2.49. The van der Waals surface area contributed by atoms with Gasteiger partial charge in [-0.05, 0) is 35.7 Å². The van der Waals surface area contributed by atoms with Crippen LogP contribution in [0.25, 0.3) is 6.08 Å². The molecule has 104 valence electrons. The molecule has 0 spiro atoms. The van der Waals surface area contributed by atoms with Crippen LogP contribution in [0.15, 0.2) is 18.0 Å². The Hall–Kier alpha value is -1.18. The van der Waals surface area contributed by atoms with Crippen LogP contribution in [-0.2, 0) is 6.42 Å². The number of nitrogens with zero attached hydrogens (tertiary/aromatic N) is 2. The lowest BCUT2D eigenvalue weighted by Gasteiger charge is -2.33. The number of allylic oxidation sites excluding steroid dienone is 1. The van der Waals surface area contributed by atoms with E-state index in [1.807, 2.05) is 6.20 Å². The molecule has 1 aliphatic rings. The third-order valence-electron chi connectivity index (χ3n) is 4.21. The average Bonchev–Trinajstić information content (AvgIpc) is 2.46. The number of hydrogen-bond acceptors (Lipinski definition) is 2. The lowest BCUT2D eigenvalue weighted by Crippen LogP contribution is -2.25. The van der Waals surface area contributed by atoms with Gasteiger partial charge in [0.05, 0.1) is 11.4 Å². The molecule has 19 heavy (non-hydrogen) atoms. The summed E-state index contributed by atoms with van der Waals surface area (Å²) in [6.07, 6.45) is 8.06. The molecule has 0 aromatic carbocycles. The van der Waals surface area contributed by atoms with Crippen molar-refractivity contribution in [2.45, 2.75) is 54.4 Å². The maximum atomic E-state index is 4.55. The second-order valence-electron chi connectivity index (χ2n) is 7.78. The van der Waals surface area contributed by atoms with Crippen molar-refractivity contribution in [3.8, 4) is 0 Å². The van der Waals surface area contributed by atoms with Gasteiger partial charge in [-0.3, -0.25) is 9.97 Å². The fourth-order valence-corrected chi connectivity index (χ4v) is 2.59. The van der Waals surface area contributed by atoms with E-state index in [4.69, 9.17) is 0 Å². The van der Waals surface area contributed by atoms with Crippen molar-refractivity contribution >= 4 is 6.08 Å². The molecule has 1 heterocycles. The van der Waals surface area contributed by atoms with Crippen molar-refractivity contribution in [2.75, 3.05) is 0 Å². The van der Waals surface area contributed by atoms with Crippen LogP contribution in [-0.4, -0.2) is 9.97 Å². The van der Waals surface area contributed by atoms with Crippen molar-refractivity contribution in [1.82, 2.24) is 9.97 Å². The summed E-state index contributed by atoms with van der Waals surface area (Å²) in [5, 5.41) is 0. The molecule has 2 nitrogen and oxygen atoms in total. The van der Waals surface area contributed by atoms with Gasteiger partial charge in [0.2, 0.25) is 0 Å². The van der Waals surface area contributed by atoms with E-state index in [0.717, 1.165) is 24.2 Å². The van der Waals surface area contributed by atoms with Crippen molar-refractivity contribution in [3.63, 3.8) is 0 Å². The van der Waals surface area contributed by atoms with Gasteiger partial charge >= 0.3 is 0 Å². The molecular weight excluding hydrogens is 232 g/mol. The van der Waals surface area contributed by atoms with Crippen LogP contribution in [0.2, 0.25) is 0 Å². The Morgan fingerprint density at radius 1 is 0.947 bits per heavy atom. The van der Waals surface area contributed by atoms with E-state index in [0.29, 0.717) is 11.3 Å². The quantitative estimate of drug-likeness (QED) is 0.684. The molecule has 0 saturated heterocycles. The lowest BCUT2D eigenvalue weighted by molar-refractivity contribution is 0.227. The molecule has 0 amide bonds. The Morgan fingerprint density at radius 2 is 1.58 bits per heavy atom. The van der Waals surface area contributed by atoms with E-state index in [9.17, 15) is 0 Å². The molecule has 0 aliphatic heterocycles.